The van der Waals surface area contributed by atoms with E-state index in [2.05, 4.69) is 0 Å². The van der Waals surface area contributed by atoms with E-state index in [4.69, 9.17) is 0 Å². The summed E-state index contributed by atoms with van der Waals surface area (Å²) in [6.45, 7) is 1.58. The van der Waals surface area contributed by atoms with E-state index in [0.29, 0.717) is 5.57 Å². The van der Waals surface area contributed by atoms with Crippen molar-refractivity contribution >= 4 is 19.7 Å². The minimum absolute atomic E-state index is 0.0741. The highest BCUT2D eigenvalue weighted by Crippen LogP contribution is 2.25. The van der Waals surface area contributed by atoms with Gasteiger partial charge in [-0.1, -0.05) is 6.08 Å². The molecule has 0 saturated carbocycles. The zero-order valence-corrected chi connectivity index (χ0v) is 8.94. The molecule has 1 rings (SSSR count). The lowest BCUT2D eigenvalue weighted by molar-refractivity contribution is 0.603. The van der Waals surface area contributed by atoms with Crippen molar-refractivity contribution in [3.8, 4) is 0 Å². The summed E-state index contributed by atoms with van der Waals surface area (Å²) in [7, 11) is -6.77. The van der Waals surface area contributed by atoms with Gasteiger partial charge in [-0.2, -0.15) is 0 Å². The van der Waals surface area contributed by atoms with Gasteiger partial charge in [0.25, 0.3) is 0 Å². The first-order valence-corrected chi connectivity index (χ1v) is 7.15. The molecular formula is C7H10O4S2. The predicted molar refractivity (Wildman–Crippen MR) is 50.5 cm³/mol. The van der Waals surface area contributed by atoms with Crippen LogP contribution in [0.25, 0.3) is 0 Å². The highest BCUT2D eigenvalue weighted by Gasteiger charge is 2.25. The summed E-state index contributed by atoms with van der Waals surface area (Å²) in [6.07, 6.45) is 2.48. The fourth-order valence-corrected chi connectivity index (χ4v) is 3.94. The van der Waals surface area contributed by atoms with Crippen LogP contribution in [0.4, 0.5) is 0 Å². The van der Waals surface area contributed by atoms with Crippen LogP contribution < -0.4 is 0 Å². The number of hydrogen-bond acceptors (Lipinski definition) is 4. The fourth-order valence-electron chi connectivity index (χ4n) is 1.03. The molecule has 0 aliphatic carbocycles. The van der Waals surface area contributed by atoms with Gasteiger partial charge in [-0.05, 0) is 12.5 Å². The minimum Gasteiger partial charge on any atom is -0.225 e. The Morgan fingerprint density at radius 2 is 2.00 bits per heavy atom. The third kappa shape index (κ3) is 2.41. The number of sulfone groups is 2. The Bertz CT molecular complexity index is 477. The van der Waals surface area contributed by atoms with Crippen molar-refractivity contribution in [3.05, 3.63) is 22.0 Å². The topological polar surface area (TPSA) is 68.3 Å². The van der Waals surface area contributed by atoms with Crippen molar-refractivity contribution in [1.29, 1.82) is 0 Å². The molecule has 0 atom stereocenters. The highest BCUT2D eigenvalue weighted by atomic mass is 32.2. The predicted octanol–water partition coefficient (Wildman–Crippen LogP) is 0.247. The minimum atomic E-state index is -3.39. The van der Waals surface area contributed by atoms with Gasteiger partial charge in [0, 0.05) is 11.7 Å². The molecule has 74 valence electrons. The Kier molecular flexibility index (Phi) is 2.38. The van der Waals surface area contributed by atoms with Gasteiger partial charge in [-0.25, -0.2) is 16.8 Å². The molecule has 0 saturated heterocycles. The fraction of sp³-hybridized carbons (Fsp3) is 0.429. The third-order valence-corrected chi connectivity index (χ3v) is 4.18. The summed E-state index contributed by atoms with van der Waals surface area (Å²) in [5.41, 5.74) is 0.505. The van der Waals surface area contributed by atoms with E-state index < -0.39 is 19.7 Å². The maximum atomic E-state index is 11.3. The standard InChI is InChI=1S/C7H10O4S2/c1-6-3-4-13(10,11)7(6)5-12(2,8)9/h3,5H,4H2,1-2H3/b7-5+. The Balaban J connectivity index is 3.34. The van der Waals surface area contributed by atoms with E-state index in [1.807, 2.05) is 0 Å². The van der Waals surface area contributed by atoms with Crippen LogP contribution in [-0.2, 0) is 19.7 Å². The van der Waals surface area contributed by atoms with Crippen LogP contribution >= 0.6 is 0 Å². The van der Waals surface area contributed by atoms with Gasteiger partial charge in [0.2, 0.25) is 0 Å². The molecule has 0 radical (unpaired) electrons. The lowest BCUT2D eigenvalue weighted by atomic mass is 10.3. The number of allylic oxidation sites excluding steroid dienone is 1. The molecule has 0 amide bonds. The lowest BCUT2D eigenvalue weighted by Crippen LogP contribution is -2.03. The molecular weight excluding hydrogens is 212 g/mol. The van der Waals surface area contributed by atoms with Crippen molar-refractivity contribution in [3.63, 3.8) is 0 Å². The zero-order valence-electron chi connectivity index (χ0n) is 7.31. The quantitative estimate of drug-likeness (QED) is 0.637. The van der Waals surface area contributed by atoms with Crippen LogP contribution in [-0.4, -0.2) is 28.8 Å². The molecule has 0 fully saturated rings. The van der Waals surface area contributed by atoms with Crippen molar-refractivity contribution < 1.29 is 16.8 Å². The van der Waals surface area contributed by atoms with Gasteiger partial charge in [0.05, 0.1) is 10.7 Å². The Labute approximate surface area is 77.8 Å². The summed E-state index contributed by atoms with van der Waals surface area (Å²) in [5.74, 6) is -0.0970. The molecule has 1 aliphatic heterocycles. The third-order valence-electron chi connectivity index (χ3n) is 1.65. The van der Waals surface area contributed by atoms with Crippen molar-refractivity contribution in [1.82, 2.24) is 0 Å². The summed E-state index contributed by atoms with van der Waals surface area (Å²) in [6, 6.07) is 0. The van der Waals surface area contributed by atoms with E-state index in [1.165, 1.54) is 6.08 Å². The smallest absolute Gasteiger partial charge is 0.182 e. The van der Waals surface area contributed by atoms with Crippen LogP contribution in [0.1, 0.15) is 6.92 Å². The molecule has 0 aromatic rings. The van der Waals surface area contributed by atoms with Crippen molar-refractivity contribution in [2.24, 2.45) is 0 Å². The van der Waals surface area contributed by atoms with Gasteiger partial charge in [0.1, 0.15) is 0 Å². The summed E-state index contributed by atoms with van der Waals surface area (Å²) in [4.78, 5) is -0.0741. The van der Waals surface area contributed by atoms with Crippen molar-refractivity contribution in [2.45, 2.75) is 6.92 Å². The molecule has 0 aromatic carbocycles. The lowest BCUT2D eigenvalue weighted by Gasteiger charge is -1.98. The number of rotatable bonds is 1. The van der Waals surface area contributed by atoms with Crippen LogP contribution in [0.3, 0.4) is 0 Å². The second kappa shape index (κ2) is 2.95. The second-order valence-corrected chi connectivity index (χ2v) is 6.88. The first-order chi connectivity index (χ1) is 5.72. The van der Waals surface area contributed by atoms with E-state index in [-0.39, 0.29) is 10.7 Å². The normalized spacial score (nSPS) is 24.8. The Morgan fingerprint density at radius 1 is 1.46 bits per heavy atom. The van der Waals surface area contributed by atoms with E-state index in [9.17, 15) is 16.8 Å². The monoisotopic (exact) mass is 222 g/mol. The van der Waals surface area contributed by atoms with Crippen LogP contribution in [0, 0.1) is 0 Å². The maximum Gasteiger partial charge on any atom is 0.182 e. The Hall–Kier alpha value is -0.620. The molecule has 0 bridgehead atoms. The molecule has 4 nitrogen and oxygen atoms in total. The van der Waals surface area contributed by atoms with Gasteiger partial charge in [0.15, 0.2) is 19.7 Å². The highest BCUT2D eigenvalue weighted by molar-refractivity contribution is 7.98. The second-order valence-electron chi connectivity index (χ2n) is 2.98. The molecule has 1 aliphatic rings. The number of hydrogen-bond donors (Lipinski definition) is 0. The zero-order chi connectivity index (χ0) is 10.3. The SMILES string of the molecule is CC1=CCS(=O)(=O)/C1=C/S(C)(=O)=O. The summed E-state index contributed by atoms with van der Waals surface area (Å²) < 4.78 is 44.2. The molecule has 0 aromatic heterocycles. The van der Waals surface area contributed by atoms with Gasteiger partial charge in [-0.3, -0.25) is 0 Å². The molecule has 1 heterocycles. The van der Waals surface area contributed by atoms with Crippen LogP contribution in [0.2, 0.25) is 0 Å². The molecule has 0 N–H and O–H groups in total. The van der Waals surface area contributed by atoms with Crippen LogP contribution in [0.5, 0.6) is 0 Å². The molecule has 13 heavy (non-hydrogen) atoms. The molecule has 6 heteroatoms. The molecule has 0 unspecified atom stereocenters. The van der Waals surface area contributed by atoms with Gasteiger partial charge < -0.3 is 0 Å². The Morgan fingerprint density at radius 3 is 2.31 bits per heavy atom. The first kappa shape index (κ1) is 10.5. The van der Waals surface area contributed by atoms with E-state index in [0.717, 1.165) is 11.7 Å². The largest absolute Gasteiger partial charge is 0.225 e. The average Bonchev–Trinajstić information content (AvgIpc) is 2.13. The average molecular weight is 222 g/mol. The molecule has 0 spiro atoms. The van der Waals surface area contributed by atoms with Gasteiger partial charge in [-0.15, -0.1) is 0 Å². The first-order valence-electron chi connectivity index (χ1n) is 3.54. The van der Waals surface area contributed by atoms with E-state index in [1.54, 1.807) is 6.92 Å². The summed E-state index contributed by atoms with van der Waals surface area (Å²) in [5, 5.41) is 0.807. The maximum absolute atomic E-state index is 11.3. The van der Waals surface area contributed by atoms with E-state index >= 15 is 0 Å². The summed E-state index contributed by atoms with van der Waals surface area (Å²) >= 11 is 0. The van der Waals surface area contributed by atoms with Gasteiger partial charge >= 0.3 is 0 Å². The van der Waals surface area contributed by atoms with Crippen molar-refractivity contribution in [2.75, 3.05) is 12.0 Å². The van der Waals surface area contributed by atoms with Crippen LogP contribution in [0.15, 0.2) is 22.0 Å².